The van der Waals surface area contributed by atoms with Crippen molar-refractivity contribution >= 4 is 28.7 Å². The first-order chi connectivity index (χ1) is 17.1. The Labute approximate surface area is 207 Å². The number of halogens is 3. The van der Waals surface area contributed by atoms with Crippen molar-refractivity contribution in [3.63, 3.8) is 0 Å². The monoisotopic (exact) mass is 517 g/mol. The maximum absolute atomic E-state index is 13.2. The molecular weight excluding hydrogens is 495 g/mol. The number of anilines is 2. The minimum absolute atomic E-state index is 0.0346. The van der Waals surface area contributed by atoms with E-state index in [-0.39, 0.29) is 22.3 Å². The van der Waals surface area contributed by atoms with Gasteiger partial charge in [-0.3, -0.25) is 9.36 Å². The van der Waals surface area contributed by atoms with Crippen LogP contribution in [-0.4, -0.2) is 60.5 Å². The number of carbonyl (C=O) groups excluding carboxylic acids is 1. The number of aromatic nitrogens is 7. The Morgan fingerprint density at radius 3 is 2.72 bits per heavy atom. The minimum Gasteiger partial charge on any atom is -0.375 e. The molecule has 0 radical (unpaired) electrons. The second-order valence-corrected chi connectivity index (χ2v) is 9.56. The average Bonchev–Trinajstić information content (AvgIpc) is 3.22. The lowest BCUT2D eigenvalue weighted by Gasteiger charge is -2.18. The molecule has 1 aliphatic carbocycles. The summed E-state index contributed by atoms with van der Waals surface area (Å²) in [6, 6.07) is -0.163. The summed E-state index contributed by atoms with van der Waals surface area (Å²) >= 11 is 1.05. The highest BCUT2D eigenvalue weighted by atomic mass is 32.1. The van der Waals surface area contributed by atoms with Crippen molar-refractivity contribution in [3.05, 3.63) is 47.9 Å². The van der Waals surface area contributed by atoms with E-state index in [4.69, 9.17) is 0 Å². The molecule has 1 saturated carbocycles. The van der Waals surface area contributed by atoms with E-state index < -0.39 is 18.1 Å². The van der Waals surface area contributed by atoms with E-state index >= 15 is 0 Å². The Balaban J connectivity index is 1.38. The molecule has 1 fully saturated rings. The second kappa shape index (κ2) is 9.00. The second-order valence-electron chi connectivity index (χ2n) is 8.70. The number of nitrogens with zero attached hydrogens (tertiary/aromatic N) is 8. The Hall–Kier alpha value is -3.81. The van der Waals surface area contributed by atoms with Gasteiger partial charge in [0.05, 0.1) is 29.6 Å². The summed E-state index contributed by atoms with van der Waals surface area (Å²) in [5, 5.41) is 11.8. The first-order valence-corrected chi connectivity index (χ1v) is 11.9. The van der Waals surface area contributed by atoms with E-state index in [1.807, 2.05) is 29.8 Å². The van der Waals surface area contributed by atoms with Gasteiger partial charge < -0.3 is 14.8 Å². The first-order valence-electron chi connectivity index (χ1n) is 11.1. The van der Waals surface area contributed by atoms with Gasteiger partial charge in [-0.05, 0) is 25.8 Å². The van der Waals surface area contributed by atoms with Crippen LogP contribution in [0.5, 0.6) is 0 Å². The molecule has 0 aliphatic heterocycles. The minimum atomic E-state index is -4.47. The van der Waals surface area contributed by atoms with Crippen molar-refractivity contribution in [3.8, 4) is 16.5 Å². The van der Waals surface area contributed by atoms with Gasteiger partial charge in [-0.15, -0.1) is 21.5 Å². The third-order valence-corrected chi connectivity index (χ3v) is 6.69. The summed E-state index contributed by atoms with van der Waals surface area (Å²) in [6.07, 6.45) is 4.09. The highest BCUT2D eigenvalue weighted by molar-refractivity contribution is 7.13. The van der Waals surface area contributed by atoms with Gasteiger partial charge in [0.25, 0.3) is 5.91 Å². The van der Waals surface area contributed by atoms with E-state index in [0.29, 0.717) is 5.92 Å². The van der Waals surface area contributed by atoms with Crippen LogP contribution in [0, 0.1) is 0 Å². The number of imidazole rings is 1. The summed E-state index contributed by atoms with van der Waals surface area (Å²) in [6.45, 7) is 1.01. The van der Waals surface area contributed by atoms with Crippen molar-refractivity contribution in [2.24, 2.45) is 0 Å². The van der Waals surface area contributed by atoms with Crippen LogP contribution in [-0.2, 0) is 0 Å². The lowest BCUT2D eigenvalue weighted by molar-refractivity contribution is -0.162. The molecular formula is C22H22F3N9OS. The molecule has 10 nitrogen and oxygen atoms in total. The van der Waals surface area contributed by atoms with Crippen LogP contribution in [0.3, 0.4) is 0 Å². The van der Waals surface area contributed by atoms with Gasteiger partial charge in [-0.25, -0.2) is 15.0 Å². The third kappa shape index (κ3) is 4.67. The Kier molecular flexibility index (Phi) is 5.98. The fourth-order valence-corrected chi connectivity index (χ4v) is 4.36. The van der Waals surface area contributed by atoms with Crippen molar-refractivity contribution < 1.29 is 18.0 Å². The zero-order chi connectivity index (χ0) is 25.6. The zero-order valence-corrected chi connectivity index (χ0v) is 20.4. The largest absolute Gasteiger partial charge is 0.408 e. The van der Waals surface area contributed by atoms with E-state index in [9.17, 15) is 18.0 Å². The number of carbonyl (C=O) groups is 1. The summed E-state index contributed by atoms with van der Waals surface area (Å²) < 4.78 is 42.3. The van der Waals surface area contributed by atoms with Gasteiger partial charge in [0.1, 0.15) is 23.9 Å². The van der Waals surface area contributed by atoms with Crippen LogP contribution in [0.1, 0.15) is 47.9 Å². The maximum Gasteiger partial charge on any atom is 0.408 e. The molecule has 14 heteroatoms. The molecule has 4 heterocycles. The van der Waals surface area contributed by atoms with E-state index in [0.717, 1.165) is 59.1 Å². The molecule has 0 bridgehead atoms. The molecule has 0 spiro atoms. The highest BCUT2D eigenvalue weighted by Crippen LogP contribution is 2.39. The molecule has 1 amide bonds. The first kappa shape index (κ1) is 23.9. The Bertz CT molecular complexity index is 1400. The lowest BCUT2D eigenvalue weighted by Crippen LogP contribution is -2.23. The van der Waals surface area contributed by atoms with Crippen molar-refractivity contribution in [1.82, 2.24) is 34.3 Å². The number of hydrogen-bond acceptors (Lipinski definition) is 8. The molecule has 1 unspecified atom stereocenters. The number of alkyl halides is 3. The molecule has 188 valence electrons. The predicted molar refractivity (Wildman–Crippen MR) is 128 cm³/mol. The molecule has 0 saturated heterocycles. The van der Waals surface area contributed by atoms with E-state index in [1.54, 1.807) is 18.6 Å². The third-order valence-electron chi connectivity index (χ3n) is 5.85. The number of pyridine rings is 1. The van der Waals surface area contributed by atoms with Crippen LogP contribution in [0.25, 0.3) is 16.5 Å². The van der Waals surface area contributed by atoms with E-state index in [1.165, 1.54) is 5.38 Å². The molecule has 36 heavy (non-hydrogen) atoms. The molecule has 0 aromatic carbocycles. The normalized spacial score (nSPS) is 14.6. The fourth-order valence-electron chi connectivity index (χ4n) is 3.62. The Morgan fingerprint density at radius 1 is 1.25 bits per heavy atom. The molecule has 1 atom stereocenters. The van der Waals surface area contributed by atoms with Crippen LogP contribution in [0.2, 0.25) is 0 Å². The number of hydrogen-bond donors (Lipinski definition) is 1. The zero-order valence-electron chi connectivity index (χ0n) is 19.6. The fraction of sp³-hybridized carbons (Fsp3) is 0.364. The van der Waals surface area contributed by atoms with E-state index in [2.05, 4.69) is 30.5 Å². The molecule has 1 N–H and O–H groups in total. The van der Waals surface area contributed by atoms with Crippen LogP contribution in [0.4, 0.5) is 24.7 Å². The topological polar surface area (TPSA) is 107 Å². The van der Waals surface area contributed by atoms with Crippen molar-refractivity contribution in [2.75, 3.05) is 24.3 Å². The van der Waals surface area contributed by atoms with Gasteiger partial charge in [-0.1, -0.05) is 0 Å². The van der Waals surface area contributed by atoms with Crippen LogP contribution in [0.15, 0.2) is 36.5 Å². The Morgan fingerprint density at radius 2 is 2.03 bits per heavy atom. The standard InChI is InChI=1S/C22H22F3N9OS/c1-12(22(23,24)25)34-11-28-31-19(34)21-30-18(9-36-21)29-20(35)14-6-16(17(7-26-14)32(2)3)33-8-15(27-10-33)13-4-5-13/h6-13H,4-5H2,1-3H3,(H,29,35). The molecule has 5 rings (SSSR count). The molecule has 4 aromatic heterocycles. The lowest BCUT2D eigenvalue weighted by atomic mass is 10.2. The van der Waals surface area contributed by atoms with Gasteiger partial charge in [0.15, 0.2) is 10.8 Å². The summed E-state index contributed by atoms with van der Waals surface area (Å²) in [5.74, 6) is 0.119. The van der Waals surface area contributed by atoms with Gasteiger partial charge in [0.2, 0.25) is 0 Å². The van der Waals surface area contributed by atoms with Crippen LogP contribution >= 0.6 is 11.3 Å². The number of amides is 1. The van der Waals surface area contributed by atoms with Crippen LogP contribution < -0.4 is 10.2 Å². The van der Waals surface area contributed by atoms with Gasteiger partial charge in [0, 0.05) is 31.6 Å². The van der Waals surface area contributed by atoms with Crippen molar-refractivity contribution in [2.45, 2.75) is 37.9 Å². The summed E-state index contributed by atoms with van der Waals surface area (Å²) in [5.41, 5.74) is 2.72. The SMILES string of the molecule is CC(n1cnnc1-c1nc(NC(=O)c2cc(-n3cnc(C4CC4)c3)c(N(C)C)cn2)cs1)C(F)(F)F. The molecule has 4 aromatic rings. The smallest absolute Gasteiger partial charge is 0.375 e. The number of thiazole rings is 1. The quantitative estimate of drug-likeness (QED) is 0.390. The summed E-state index contributed by atoms with van der Waals surface area (Å²) in [4.78, 5) is 27.9. The average molecular weight is 518 g/mol. The van der Waals surface area contributed by atoms with Gasteiger partial charge >= 0.3 is 6.18 Å². The predicted octanol–water partition coefficient (Wildman–Crippen LogP) is 4.30. The number of rotatable bonds is 7. The summed E-state index contributed by atoms with van der Waals surface area (Å²) in [7, 11) is 3.77. The number of nitrogens with one attached hydrogen (secondary N) is 1. The van der Waals surface area contributed by atoms with Gasteiger partial charge in [-0.2, -0.15) is 13.2 Å². The highest BCUT2D eigenvalue weighted by Gasteiger charge is 2.39. The van der Waals surface area contributed by atoms with Crippen molar-refractivity contribution in [1.29, 1.82) is 0 Å². The molecule has 1 aliphatic rings. The maximum atomic E-state index is 13.2.